The first-order valence-corrected chi connectivity index (χ1v) is 8.59. The molecule has 1 aliphatic rings. The highest BCUT2D eigenvalue weighted by Crippen LogP contribution is 2.27. The predicted octanol–water partition coefficient (Wildman–Crippen LogP) is 3.42. The van der Waals surface area contributed by atoms with E-state index in [1.54, 1.807) is 4.68 Å². The normalized spacial score (nSPS) is 16.2. The molecule has 132 valence electrons. The molecule has 0 saturated heterocycles. The Balaban J connectivity index is 1.51. The van der Waals surface area contributed by atoms with Crippen LogP contribution >= 0.6 is 0 Å². The zero-order valence-corrected chi connectivity index (χ0v) is 14.8. The zero-order valence-electron chi connectivity index (χ0n) is 14.8. The quantitative estimate of drug-likeness (QED) is 0.787. The summed E-state index contributed by atoms with van der Waals surface area (Å²) < 4.78 is 7.73. The number of carbonyl (C=O) groups is 1. The van der Waals surface area contributed by atoms with E-state index in [1.807, 2.05) is 31.2 Å². The number of hydrogen-bond acceptors (Lipinski definition) is 4. The molecule has 3 aromatic rings. The van der Waals surface area contributed by atoms with Gasteiger partial charge in [-0.3, -0.25) is 4.79 Å². The Labute approximate surface area is 151 Å². The van der Waals surface area contributed by atoms with Crippen LogP contribution in [0.4, 0.5) is 5.69 Å². The van der Waals surface area contributed by atoms with Gasteiger partial charge in [0, 0.05) is 5.69 Å². The molecule has 6 nitrogen and oxygen atoms in total. The van der Waals surface area contributed by atoms with Gasteiger partial charge in [-0.05, 0) is 31.5 Å². The number of hydrogen-bond donors (Lipinski definition) is 1. The summed E-state index contributed by atoms with van der Waals surface area (Å²) in [5, 5.41) is 11.1. The summed E-state index contributed by atoms with van der Waals surface area (Å²) >= 11 is 0. The minimum absolute atomic E-state index is 0.0854. The molecule has 0 aliphatic carbocycles. The minimum Gasteiger partial charge on any atom is -0.365 e. The fourth-order valence-electron chi connectivity index (χ4n) is 3.00. The van der Waals surface area contributed by atoms with Gasteiger partial charge in [0.2, 0.25) is 0 Å². The molecule has 1 N–H and O–H groups in total. The summed E-state index contributed by atoms with van der Waals surface area (Å²) in [5.41, 5.74) is 5.20. The van der Waals surface area contributed by atoms with E-state index < -0.39 is 0 Å². The van der Waals surface area contributed by atoms with E-state index >= 15 is 0 Å². The van der Waals surface area contributed by atoms with E-state index in [0.717, 1.165) is 16.8 Å². The summed E-state index contributed by atoms with van der Waals surface area (Å²) in [7, 11) is 0. The molecule has 0 bridgehead atoms. The molecule has 2 heterocycles. The number of rotatable bonds is 3. The smallest absolute Gasteiger partial charge is 0.278 e. The van der Waals surface area contributed by atoms with Crippen molar-refractivity contribution in [3.8, 4) is 0 Å². The Morgan fingerprint density at radius 3 is 2.42 bits per heavy atom. The molecule has 1 aromatic heterocycles. The number of aromatic nitrogens is 3. The van der Waals surface area contributed by atoms with E-state index in [2.05, 4.69) is 46.8 Å². The number of ether oxygens (including phenoxy) is 1. The fraction of sp³-hybridized carbons (Fsp3) is 0.250. The number of anilines is 1. The average Bonchev–Trinajstić information content (AvgIpc) is 3.07. The number of aryl methyl sites for hydroxylation is 2. The lowest BCUT2D eigenvalue weighted by atomic mass is 10.1. The lowest BCUT2D eigenvalue weighted by Crippen LogP contribution is -2.24. The van der Waals surface area contributed by atoms with Gasteiger partial charge in [-0.2, -0.15) is 0 Å². The summed E-state index contributed by atoms with van der Waals surface area (Å²) in [5.74, 6) is -0.271. The van der Waals surface area contributed by atoms with Gasteiger partial charge in [0.15, 0.2) is 5.69 Å². The van der Waals surface area contributed by atoms with Crippen molar-refractivity contribution in [2.45, 2.75) is 33.1 Å². The number of nitrogens with one attached hydrogen (secondary N) is 1. The van der Waals surface area contributed by atoms with Crippen LogP contribution in [-0.2, 0) is 17.9 Å². The Morgan fingerprint density at radius 2 is 1.73 bits per heavy atom. The molecule has 0 spiro atoms. The van der Waals surface area contributed by atoms with Gasteiger partial charge < -0.3 is 10.1 Å². The minimum atomic E-state index is -0.271. The van der Waals surface area contributed by atoms with Crippen LogP contribution in [0.2, 0.25) is 0 Å². The number of nitrogens with zero attached hydrogens (tertiary/aromatic N) is 3. The number of amides is 1. The Bertz CT molecular complexity index is 929. The largest absolute Gasteiger partial charge is 0.365 e. The fourth-order valence-corrected chi connectivity index (χ4v) is 3.00. The van der Waals surface area contributed by atoms with E-state index in [4.69, 9.17) is 4.74 Å². The van der Waals surface area contributed by atoms with Crippen LogP contribution in [0.25, 0.3) is 0 Å². The third kappa shape index (κ3) is 3.23. The van der Waals surface area contributed by atoms with Gasteiger partial charge in [-0.1, -0.05) is 52.7 Å². The third-order valence-electron chi connectivity index (χ3n) is 4.57. The topological polar surface area (TPSA) is 69.0 Å². The summed E-state index contributed by atoms with van der Waals surface area (Å²) in [6.45, 7) is 4.91. The van der Waals surface area contributed by atoms with E-state index in [-0.39, 0.29) is 12.0 Å². The molecule has 0 saturated carbocycles. The molecule has 1 atom stereocenters. The molecule has 4 rings (SSSR count). The van der Waals surface area contributed by atoms with Crippen LogP contribution in [0.15, 0.2) is 48.5 Å². The van der Waals surface area contributed by atoms with Gasteiger partial charge in [-0.25, -0.2) is 4.68 Å². The van der Waals surface area contributed by atoms with Crippen LogP contribution in [0.5, 0.6) is 0 Å². The van der Waals surface area contributed by atoms with E-state index in [0.29, 0.717) is 24.5 Å². The lowest BCUT2D eigenvalue weighted by molar-refractivity contribution is -0.00171. The second-order valence-corrected chi connectivity index (χ2v) is 6.60. The number of benzene rings is 2. The van der Waals surface area contributed by atoms with Crippen molar-refractivity contribution in [1.29, 1.82) is 0 Å². The Hall–Kier alpha value is -2.99. The van der Waals surface area contributed by atoms with Crippen molar-refractivity contribution in [1.82, 2.24) is 15.0 Å². The molecular weight excluding hydrogens is 328 g/mol. The van der Waals surface area contributed by atoms with Crippen molar-refractivity contribution in [2.75, 3.05) is 5.32 Å². The zero-order chi connectivity index (χ0) is 18.1. The summed E-state index contributed by atoms with van der Waals surface area (Å²) in [6.07, 6.45) is -0.0854. The van der Waals surface area contributed by atoms with Gasteiger partial charge in [-0.15, -0.1) is 5.10 Å². The first-order chi connectivity index (χ1) is 12.6. The maximum atomic E-state index is 12.5. The Morgan fingerprint density at radius 1 is 1.08 bits per heavy atom. The SMILES string of the molecule is Cc1ccc(NC(=O)c2nnn3c2CO[C@H](c2ccc(C)cc2)C3)cc1. The van der Waals surface area contributed by atoms with Crippen LogP contribution < -0.4 is 5.32 Å². The van der Waals surface area contributed by atoms with Gasteiger partial charge >= 0.3 is 0 Å². The lowest BCUT2D eigenvalue weighted by Gasteiger charge is -2.24. The van der Waals surface area contributed by atoms with Gasteiger partial charge in [0.1, 0.15) is 6.10 Å². The van der Waals surface area contributed by atoms with E-state index in [1.165, 1.54) is 5.56 Å². The molecule has 2 aromatic carbocycles. The maximum Gasteiger partial charge on any atom is 0.278 e. The highest BCUT2D eigenvalue weighted by molar-refractivity contribution is 6.03. The first kappa shape index (κ1) is 16.5. The highest BCUT2D eigenvalue weighted by atomic mass is 16.5. The molecule has 1 amide bonds. The second-order valence-electron chi connectivity index (χ2n) is 6.60. The number of fused-ring (bicyclic) bond motifs is 1. The molecule has 0 unspecified atom stereocenters. The average molecular weight is 348 g/mol. The van der Waals surface area contributed by atoms with Crippen LogP contribution in [0, 0.1) is 13.8 Å². The van der Waals surface area contributed by atoms with Crippen molar-refractivity contribution in [3.05, 3.63) is 76.6 Å². The highest BCUT2D eigenvalue weighted by Gasteiger charge is 2.27. The van der Waals surface area contributed by atoms with Crippen molar-refractivity contribution in [3.63, 3.8) is 0 Å². The molecule has 0 radical (unpaired) electrons. The third-order valence-corrected chi connectivity index (χ3v) is 4.57. The van der Waals surface area contributed by atoms with Crippen LogP contribution in [-0.4, -0.2) is 20.9 Å². The first-order valence-electron chi connectivity index (χ1n) is 8.59. The van der Waals surface area contributed by atoms with Crippen molar-refractivity contribution < 1.29 is 9.53 Å². The van der Waals surface area contributed by atoms with E-state index in [9.17, 15) is 4.79 Å². The van der Waals surface area contributed by atoms with Gasteiger partial charge in [0.25, 0.3) is 5.91 Å². The molecule has 6 heteroatoms. The standard InChI is InChI=1S/C20H20N4O2/c1-13-3-7-15(8-4-13)18-11-24-17(12-26-18)19(22-23-24)20(25)21-16-9-5-14(2)6-10-16/h3-10,18H,11-12H2,1-2H3,(H,21,25)/t18-/m0/s1. The molecule has 1 aliphatic heterocycles. The predicted molar refractivity (Wildman–Crippen MR) is 97.9 cm³/mol. The van der Waals surface area contributed by atoms with Gasteiger partial charge in [0.05, 0.1) is 18.8 Å². The second kappa shape index (κ2) is 6.72. The maximum absolute atomic E-state index is 12.5. The van der Waals surface area contributed by atoms with Crippen molar-refractivity contribution >= 4 is 11.6 Å². The summed E-state index contributed by atoms with van der Waals surface area (Å²) in [4.78, 5) is 12.5. The molecule has 0 fully saturated rings. The summed E-state index contributed by atoms with van der Waals surface area (Å²) in [6, 6.07) is 15.9. The van der Waals surface area contributed by atoms with Crippen molar-refractivity contribution in [2.24, 2.45) is 0 Å². The van der Waals surface area contributed by atoms with Crippen LogP contribution in [0.1, 0.15) is 39.0 Å². The monoisotopic (exact) mass is 348 g/mol. The van der Waals surface area contributed by atoms with Crippen LogP contribution in [0.3, 0.4) is 0 Å². The molecular formula is C20H20N4O2. The number of carbonyl (C=O) groups excluding carboxylic acids is 1. The Kier molecular flexibility index (Phi) is 4.26. The molecule has 26 heavy (non-hydrogen) atoms.